The molecule has 0 spiro atoms. The fourth-order valence-corrected chi connectivity index (χ4v) is 3.60. The first-order chi connectivity index (χ1) is 7.97. The largest absolute Gasteiger partial charge is 0.335 e. The molecule has 0 bridgehead atoms. The van der Waals surface area contributed by atoms with Gasteiger partial charge in [-0.15, -0.1) is 11.3 Å². The van der Waals surface area contributed by atoms with E-state index in [9.17, 15) is 4.79 Å². The Labute approximate surface area is 115 Å². The number of piperazine rings is 1. The smallest absolute Gasteiger partial charge is 0.256 e. The Hall–Kier alpha value is -0.290. The number of carbonyl (C=O) groups excluding carboxylic acids is 1. The first kappa shape index (κ1) is 13.1. The maximum Gasteiger partial charge on any atom is 0.256 e. The van der Waals surface area contributed by atoms with Crippen LogP contribution in [0.3, 0.4) is 0 Å². The summed E-state index contributed by atoms with van der Waals surface area (Å²) in [5, 5.41) is 3.38. The van der Waals surface area contributed by atoms with Crippen LogP contribution in [-0.2, 0) is 0 Å². The summed E-state index contributed by atoms with van der Waals surface area (Å²) in [7, 11) is 0. The molecule has 1 aromatic rings. The third-order valence-corrected chi connectivity index (χ3v) is 4.22. The number of thiophene rings is 1. The Morgan fingerprint density at radius 2 is 2.00 bits per heavy atom. The van der Waals surface area contributed by atoms with Gasteiger partial charge in [0.15, 0.2) is 0 Å². The highest BCUT2D eigenvalue weighted by atomic mass is 35.5. The van der Waals surface area contributed by atoms with Gasteiger partial charge in [0.2, 0.25) is 0 Å². The molecule has 0 aromatic carbocycles. The Bertz CT molecular complexity index is 425. The number of hydrogen-bond acceptors (Lipinski definition) is 3. The minimum absolute atomic E-state index is 0.0293. The van der Waals surface area contributed by atoms with Crippen molar-refractivity contribution < 1.29 is 4.79 Å². The quantitative estimate of drug-likeness (QED) is 0.863. The second-order valence-corrected chi connectivity index (χ2v) is 6.70. The molecular weight excluding hydrogens is 279 g/mol. The van der Waals surface area contributed by atoms with Crippen molar-refractivity contribution in [1.29, 1.82) is 0 Å². The van der Waals surface area contributed by atoms with Crippen LogP contribution in [-0.4, -0.2) is 36.0 Å². The van der Waals surface area contributed by atoms with Gasteiger partial charge in [-0.3, -0.25) is 4.79 Å². The number of amides is 1. The molecule has 0 radical (unpaired) electrons. The molecule has 94 valence electrons. The van der Waals surface area contributed by atoms with Crippen LogP contribution in [0, 0.1) is 0 Å². The fraction of sp³-hybridized carbons (Fsp3) is 0.545. The zero-order chi connectivity index (χ0) is 12.6. The molecule has 17 heavy (non-hydrogen) atoms. The topological polar surface area (TPSA) is 32.3 Å². The van der Waals surface area contributed by atoms with Gasteiger partial charge in [0.05, 0.1) is 9.90 Å². The van der Waals surface area contributed by atoms with Crippen LogP contribution >= 0.6 is 34.5 Å². The van der Waals surface area contributed by atoms with Gasteiger partial charge in [-0.25, -0.2) is 0 Å². The molecule has 2 atom stereocenters. The summed E-state index contributed by atoms with van der Waals surface area (Å²) in [4.78, 5) is 14.1. The highest BCUT2D eigenvalue weighted by molar-refractivity contribution is 7.20. The second kappa shape index (κ2) is 5.14. The number of carbonyl (C=O) groups is 1. The maximum atomic E-state index is 12.3. The van der Waals surface area contributed by atoms with Crippen LogP contribution in [0.15, 0.2) is 6.07 Å². The minimum atomic E-state index is -0.0293. The summed E-state index contributed by atoms with van der Waals surface area (Å²) < 4.78 is 1.02. The number of nitrogens with one attached hydrogen (secondary N) is 1. The van der Waals surface area contributed by atoms with Crippen molar-refractivity contribution >= 4 is 40.4 Å². The molecule has 6 heteroatoms. The molecule has 1 saturated heterocycles. The van der Waals surface area contributed by atoms with E-state index in [1.807, 2.05) is 4.90 Å². The third-order valence-electron chi connectivity index (χ3n) is 2.73. The Balaban J connectivity index is 2.17. The molecule has 1 aliphatic rings. The van der Waals surface area contributed by atoms with E-state index >= 15 is 0 Å². The van der Waals surface area contributed by atoms with Crippen molar-refractivity contribution in [2.45, 2.75) is 25.9 Å². The van der Waals surface area contributed by atoms with Gasteiger partial charge in [0, 0.05) is 25.2 Å². The van der Waals surface area contributed by atoms with Crippen LogP contribution in [0.2, 0.25) is 8.67 Å². The second-order valence-electron chi connectivity index (χ2n) is 4.42. The average Bonchev–Trinajstić information content (AvgIpc) is 2.55. The lowest BCUT2D eigenvalue weighted by Gasteiger charge is -2.36. The van der Waals surface area contributed by atoms with Crippen LogP contribution in [0.1, 0.15) is 24.2 Å². The average molecular weight is 293 g/mol. The van der Waals surface area contributed by atoms with E-state index in [0.717, 1.165) is 0 Å². The lowest BCUT2D eigenvalue weighted by Crippen LogP contribution is -2.55. The third kappa shape index (κ3) is 2.94. The molecule has 2 unspecified atom stereocenters. The first-order valence-electron chi connectivity index (χ1n) is 5.47. The van der Waals surface area contributed by atoms with Crippen molar-refractivity contribution in [2.75, 3.05) is 13.1 Å². The molecule has 0 saturated carbocycles. The van der Waals surface area contributed by atoms with Crippen LogP contribution in [0.4, 0.5) is 0 Å². The van der Waals surface area contributed by atoms with Gasteiger partial charge in [0.1, 0.15) is 4.34 Å². The van der Waals surface area contributed by atoms with Gasteiger partial charge in [-0.05, 0) is 19.9 Å². The van der Waals surface area contributed by atoms with E-state index < -0.39 is 0 Å². The van der Waals surface area contributed by atoms with E-state index in [-0.39, 0.29) is 5.91 Å². The predicted molar refractivity (Wildman–Crippen MR) is 72.3 cm³/mol. The fourth-order valence-electron chi connectivity index (χ4n) is 2.15. The van der Waals surface area contributed by atoms with Crippen LogP contribution < -0.4 is 5.32 Å². The summed E-state index contributed by atoms with van der Waals surface area (Å²) in [6.07, 6.45) is 0. The van der Waals surface area contributed by atoms with E-state index in [2.05, 4.69) is 19.2 Å². The van der Waals surface area contributed by atoms with Gasteiger partial charge >= 0.3 is 0 Å². The molecule has 1 aromatic heterocycles. The van der Waals surface area contributed by atoms with E-state index in [1.54, 1.807) is 6.07 Å². The van der Waals surface area contributed by atoms with Crippen molar-refractivity contribution in [3.8, 4) is 0 Å². The molecular formula is C11H14Cl2N2OS. The number of halogens is 2. The van der Waals surface area contributed by atoms with Crippen molar-refractivity contribution in [3.05, 3.63) is 20.3 Å². The zero-order valence-corrected chi connectivity index (χ0v) is 12.0. The standard InChI is InChI=1S/C11H14Cl2N2OS/c1-6-4-15(5-7(2)14-6)11(16)8-3-9(12)17-10(8)13/h3,6-7,14H,4-5H2,1-2H3. The lowest BCUT2D eigenvalue weighted by molar-refractivity contribution is 0.0674. The first-order valence-corrected chi connectivity index (χ1v) is 7.04. The molecule has 1 fully saturated rings. The Morgan fingerprint density at radius 1 is 1.41 bits per heavy atom. The molecule has 3 nitrogen and oxygen atoms in total. The number of nitrogens with zero attached hydrogens (tertiary/aromatic N) is 1. The Kier molecular flexibility index (Phi) is 3.98. The minimum Gasteiger partial charge on any atom is -0.335 e. The van der Waals surface area contributed by atoms with Gasteiger partial charge in [-0.1, -0.05) is 23.2 Å². The molecule has 2 heterocycles. The molecule has 2 rings (SSSR count). The van der Waals surface area contributed by atoms with Gasteiger partial charge < -0.3 is 10.2 Å². The predicted octanol–water partition coefficient (Wildman–Crippen LogP) is 2.88. The van der Waals surface area contributed by atoms with Crippen LogP contribution in [0.25, 0.3) is 0 Å². The summed E-state index contributed by atoms with van der Waals surface area (Å²) in [6.45, 7) is 5.54. The summed E-state index contributed by atoms with van der Waals surface area (Å²) in [6, 6.07) is 2.25. The summed E-state index contributed by atoms with van der Waals surface area (Å²) in [5.74, 6) is -0.0293. The van der Waals surface area contributed by atoms with Crippen molar-refractivity contribution in [3.63, 3.8) is 0 Å². The number of rotatable bonds is 1. The Morgan fingerprint density at radius 3 is 2.47 bits per heavy atom. The highest BCUT2D eigenvalue weighted by Gasteiger charge is 2.27. The highest BCUT2D eigenvalue weighted by Crippen LogP contribution is 2.32. The van der Waals surface area contributed by atoms with E-state index in [4.69, 9.17) is 23.2 Å². The normalized spacial score (nSPS) is 25.1. The van der Waals surface area contributed by atoms with Gasteiger partial charge in [-0.2, -0.15) is 0 Å². The maximum absolute atomic E-state index is 12.3. The van der Waals surface area contributed by atoms with Crippen molar-refractivity contribution in [1.82, 2.24) is 10.2 Å². The molecule has 0 aliphatic carbocycles. The monoisotopic (exact) mass is 292 g/mol. The van der Waals surface area contributed by atoms with E-state index in [1.165, 1.54) is 11.3 Å². The zero-order valence-electron chi connectivity index (χ0n) is 9.67. The SMILES string of the molecule is CC1CN(C(=O)c2cc(Cl)sc2Cl)CC(C)N1. The van der Waals surface area contributed by atoms with Crippen LogP contribution in [0.5, 0.6) is 0 Å². The summed E-state index contributed by atoms with van der Waals surface area (Å²) in [5.41, 5.74) is 0.517. The van der Waals surface area contributed by atoms with Crippen molar-refractivity contribution in [2.24, 2.45) is 0 Å². The molecule has 1 N–H and O–H groups in total. The van der Waals surface area contributed by atoms with E-state index in [0.29, 0.717) is 39.4 Å². The lowest BCUT2D eigenvalue weighted by atomic mass is 10.1. The summed E-state index contributed by atoms with van der Waals surface area (Å²) >= 11 is 13.1. The number of hydrogen-bond donors (Lipinski definition) is 1. The molecule has 1 aliphatic heterocycles. The molecule has 1 amide bonds. The van der Waals surface area contributed by atoms with Gasteiger partial charge in [0.25, 0.3) is 5.91 Å².